The molecule has 1 aromatic carbocycles. The van der Waals surface area contributed by atoms with Crippen LogP contribution in [0.2, 0.25) is 0 Å². The van der Waals surface area contributed by atoms with Crippen molar-refractivity contribution >= 4 is 28.0 Å². The number of carbonyl (C=O) groups is 2. The summed E-state index contributed by atoms with van der Waals surface area (Å²) in [6.45, 7) is 0.0210. The Morgan fingerprint density at radius 1 is 1.09 bits per heavy atom. The number of anilines is 1. The van der Waals surface area contributed by atoms with Gasteiger partial charge in [0.1, 0.15) is 6.04 Å². The second-order valence-electron chi connectivity index (χ2n) is 7.89. The van der Waals surface area contributed by atoms with Gasteiger partial charge in [-0.25, -0.2) is 13.1 Å². The Labute approximate surface area is 195 Å². The molecule has 1 fully saturated rings. The van der Waals surface area contributed by atoms with Gasteiger partial charge in [0.15, 0.2) is 0 Å². The number of carbonyl (C=O) groups excluding carboxylic acids is 2. The third-order valence-corrected chi connectivity index (χ3v) is 7.38. The number of alkyl halides is 6. The molecule has 1 aromatic rings. The minimum atomic E-state index is -6.06. The van der Waals surface area contributed by atoms with Crippen LogP contribution in [0.25, 0.3) is 0 Å². The predicted octanol–water partition coefficient (Wildman–Crippen LogP) is 2.16. The number of fused-ring (bicyclic) bond motifs is 1. The number of rotatable bonds is 6. The van der Waals surface area contributed by atoms with E-state index in [-0.39, 0.29) is 23.6 Å². The fraction of sp³-hybridized carbons (Fsp3) is 0.400. The Morgan fingerprint density at radius 3 is 2.14 bits per heavy atom. The molecule has 0 aromatic heterocycles. The summed E-state index contributed by atoms with van der Waals surface area (Å²) < 4.78 is 104. The number of likely N-dealkylation sites (tertiary alicyclic amines) is 1. The zero-order chi connectivity index (χ0) is 26.4. The van der Waals surface area contributed by atoms with Crippen molar-refractivity contribution in [3.63, 3.8) is 0 Å². The zero-order valence-electron chi connectivity index (χ0n) is 17.8. The van der Waals surface area contributed by atoms with Crippen LogP contribution < -0.4 is 10.0 Å². The minimum absolute atomic E-state index is 0.0191. The highest BCUT2D eigenvalue weighted by molar-refractivity contribution is 7.93. The Balaban J connectivity index is 1.86. The lowest BCUT2D eigenvalue weighted by molar-refractivity contribution is -0.376. The molecule has 2 aliphatic rings. The summed E-state index contributed by atoms with van der Waals surface area (Å²) in [7, 11) is -2.50. The first-order valence-corrected chi connectivity index (χ1v) is 11.4. The summed E-state index contributed by atoms with van der Waals surface area (Å²) in [5.41, 5.74) is -6.38. The van der Waals surface area contributed by atoms with Crippen LogP contribution in [0.4, 0.5) is 32.0 Å². The Bertz CT molecular complexity index is 1160. The van der Waals surface area contributed by atoms with Crippen molar-refractivity contribution in [3.05, 3.63) is 52.5 Å². The van der Waals surface area contributed by atoms with E-state index in [1.165, 1.54) is 19.2 Å². The van der Waals surface area contributed by atoms with Gasteiger partial charge < -0.3 is 15.3 Å². The van der Waals surface area contributed by atoms with Crippen molar-refractivity contribution in [3.8, 4) is 0 Å². The smallest absolute Gasteiger partial charge is 0.369 e. The van der Waals surface area contributed by atoms with Crippen LogP contribution in [-0.2, 0) is 25.2 Å². The molecule has 2 amide bonds. The van der Waals surface area contributed by atoms with E-state index in [1.54, 1.807) is 0 Å². The van der Waals surface area contributed by atoms with Crippen LogP contribution in [-0.4, -0.2) is 62.7 Å². The fourth-order valence-corrected chi connectivity index (χ4v) is 4.95. The molecule has 1 aliphatic heterocycles. The molecule has 0 spiro atoms. The third kappa shape index (κ3) is 4.67. The number of hydrogen-bond acceptors (Lipinski definition) is 5. The molecule has 1 heterocycles. The number of nitrogens with one attached hydrogen (secondary N) is 2. The normalized spacial score (nSPS) is 21.2. The molecule has 0 radical (unpaired) electrons. The molecule has 15 heteroatoms. The molecule has 1 aliphatic carbocycles. The summed E-state index contributed by atoms with van der Waals surface area (Å²) in [6, 6.07) is 1.08. The molecule has 1 saturated heterocycles. The first-order chi connectivity index (χ1) is 16.1. The average Bonchev–Trinajstić information content (AvgIpc) is 3.15. The first kappa shape index (κ1) is 26.7. The average molecular weight is 527 g/mol. The molecule has 2 unspecified atom stereocenters. The monoisotopic (exact) mass is 527 g/mol. The summed E-state index contributed by atoms with van der Waals surface area (Å²) in [5, 5.41) is 11.8. The molecular weight excluding hydrogens is 508 g/mol. The third-order valence-electron chi connectivity index (χ3n) is 5.85. The van der Waals surface area contributed by atoms with Gasteiger partial charge in [-0.1, -0.05) is 18.2 Å². The molecule has 192 valence electrons. The largest absolute Gasteiger partial charge is 0.430 e. The van der Waals surface area contributed by atoms with Gasteiger partial charge in [0.05, 0.1) is 4.91 Å². The zero-order valence-corrected chi connectivity index (χ0v) is 18.6. The van der Waals surface area contributed by atoms with E-state index in [4.69, 9.17) is 0 Å². The predicted molar refractivity (Wildman–Crippen MR) is 110 cm³/mol. The van der Waals surface area contributed by atoms with E-state index < -0.39 is 51.4 Å². The molecule has 3 rings (SSSR count). The number of sulfonamides is 1. The lowest BCUT2D eigenvalue weighted by Gasteiger charge is -2.32. The van der Waals surface area contributed by atoms with Gasteiger partial charge in [-0.2, -0.15) is 26.3 Å². The summed E-state index contributed by atoms with van der Waals surface area (Å²) >= 11 is 0. The number of aliphatic hydroxyl groups is 1. The van der Waals surface area contributed by atoms with Crippen molar-refractivity contribution in [1.29, 1.82) is 0 Å². The van der Waals surface area contributed by atoms with Crippen LogP contribution in [0.3, 0.4) is 0 Å². The molecule has 0 saturated carbocycles. The Kier molecular flexibility index (Phi) is 6.82. The molecule has 8 nitrogen and oxygen atoms in total. The maximum atomic E-state index is 13.0. The van der Waals surface area contributed by atoms with Gasteiger partial charge in [0.25, 0.3) is 11.5 Å². The molecule has 0 bridgehead atoms. The maximum absolute atomic E-state index is 13.0. The van der Waals surface area contributed by atoms with E-state index in [9.17, 15) is 49.5 Å². The van der Waals surface area contributed by atoms with Gasteiger partial charge in [-0.05, 0) is 37.3 Å². The second-order valence-corrected chi connectivity index (χ2v) is 9.83. The van der Waals surface area contributed by atoms with Crippen molar-refractivity contribution in [2.24, 2.45) is 5.92 Å². The molecule has 2 atom stereocenters. The maximum Gasteiger partial charge on any atom is 0.430 e. The topological polar surface area (TPSA) is 116 Å². The highest BCUT2D eigenvalue weighted by atomic mass is 32.2. The Morgan fingerprint density at radius 2 is 1.66 bits per heavy atom. The van der Waals surface area contributed by atoms with Gasteiger partial charge in [-0.3, -0.25) is 9.59 Å². The molecule has 35 heavy (non-hydrogen) atoms. The van der Waals surface area contributed by atoms with E-state index in [0.29, 0.717) is 24.1 Å². The van der Waals surface area contributed by atoms with E-state index in [1.807, 2.05) is 0 Å². The van der Waals surface area contributed by atoms with Crippen molar-refractivity contribution < 1.29 is 49.5 Å². The van der Waals surface area contributed by atoms with E-state index in [0.717, 1.165) is 17.0 Å². The van der Waals surface area contributed by atoms with E-state index >= 15 is 0 Å². The summed E-state index contributed by atoms with van der Waals surface area (Å²) in [6.07, 6.45) is -9.03. The number of hydrogen-bond donors (Lipinski definition) is 3. The van der Waals surface area contributed by atoms with Crippen LogP contribution in [0.15, 0.2) is 46.9 Å². The highest BCUT2D eigenvalue weighted by Crippen LogP contribution is 2.50. The SMILES string of the molecule is CNS(=O)(=O)C1=CC=C2C(C1)CN(C=O)C2C(=O)Nc1ccc(C(O)(C(F)(F)F)C(F)(F)F)cc1. The van der Waals surface area contributed by atoms with Crippen molar-refractivity contribution in [2.45, 2.75) is 30.4 Å². The quantitative estimate of drug-likeness (QED) is 0.388. The van der Waals surface area contributed by atoms with Crippen molar-refractivity contribution in [1.82, 2.24) is 9.62 Å². The summed E-state index contributed by atoms with van der Waals surface area (Å²) in [4.78, 5) is 25.5. The molecular formula is C20H19F6N3O5S. The standard InChI is InChI=1S/C20H19F6N3O5S/c1-27-35(33,34)14-6-7-15-11(8-14)9-29(10-30)16(15)17(31)28-13-4-2-12(3-5-13)18(32,19(21,22)23)20(24,25)26/h2-7,10-11,16,27,32H,8-9H2,1H3,(H,28,31). The number of amides is 2. The lowest BCUT2D eigenvalue weighted by Crippen LogP contribution is -2.53. The van der Waals surface area contributed by atoms with Crippen LogP contribution in [0.1, 0.15) is 12.0 Å². The highest BCUT2D eigenvalue weighted by Gasteiger charge is 2.71. The number of nitrogens with zero attached hydrogens (tertiary/aromatic N) is 1. The number of benzene rings is 1. The Hall–Kier alpha value is -2.91. The minimum Gasteiger partial charge on any atom is -0.369 e. The lowest BCUT2D eigenvalue weighted by atomic mass is 9.90. The van der Waals surface area contributed by atoms with Crippen molar-refractivity contribution in [2.75, 3.05) is 18.9 Å². The fourth-order valence-electron chi connectivity index (χ4n) is 4.02. The first-order valence-electron chi connectivity index (χ1n) is 9.89. The van der Waals surface area contributed by atoms with Gasteiger partial charge in [-0.15, -0.1) is 0 Å². The van der Waals surface area contributed by atoms with Crippen LogP contribution >= 0.6 is 0 Å². The number of halogens is 6. The second kappa shape index (κ2) is 8.95. The van der Waals surface area contributed by atoms with Gasteiger partial charge in [0.2, 0.25) is 16.4 Å². The van der Waals surface area contributed by atoms with E-state index in [2.05, 4.69) is 10.0 Å². The molecule has 3 N–H and O–H groups in total. The van der Waals surface area contributed by atoms with Gasteiger partial charge in [0, 0.05) is 23.7 Å². The van der Waals surface area contributed by atoms with Crippen LogP contribution in [0, 0.1) is 5.92 Å². The number of allylic oxidation sites excluding steroid dienone is 3. The summed E-state index contributed by atoms with van der Waals surface area (Å²) in [5.74, 6) is -1.30. The van der Waals surface area contributed by atoms with Gasteiger partial charge >= 0.3 is 12.4 Å². The van der Waals surface area contributed by atoms with Crippen LogP contribution in [0.5, 0.6) is 0 Å².